The fraction of sp³-hybridized carbons (Fsp3) is 0.481. The van der Waals surface area contributed by atoms with E-state index in [4.69, 9.17) is 0 Å². The number of hydrogen-bond acceptors (Lipinski definition) is 4. The van der Waals surface area contributed by atoms with E-state index in [1.165, 1.54) is 12.5 Å². The van der Waals surface area contributed by atoms with Gasteiger partial charge in [-0.25, -0.2) is 8.42 Å². The summed E-state index contributed by atoms with van der Waals surface area (Å²) in [4.78, 5) is 24.7. The van der Waals surface area contributed by atoms with Crippen LogP contribution >= 0.6 is 0 Å². The van der Waals surface area contributed by atoms with Gasteiger partial charge >= 0.3 is 0 Å². The van der Waals surface area contributed by atoms with Crippen molar-refractivity contribution in [3.05, 3.63) is 60.2 Å². The zero-order valence-electron chi connectivity index (χ0n) is 20.3. The molecule has 4 rings (SSSR count). The summed E-state index contributed by atoms with van der Waals surface area (Å²) in [6, 6.07) is 16.1. The monoisotopic (exact) mass is 497 g/mol. The van der Waals surface area contributed by atoms with Crippen molar-refractivity contribution in [2.24, 2.45) is 11.8 Å². The van der Waals surface area contributed by atoms with E-state index < -0.39 is 16.1 Å². The molecule has 0 bridgehead atoms. The molecule has 1 saturated carbocycles. The van der Waals surface area contributed by atoms with Gasteiger partial charge in [-0.3, -0.25) is 9.59 Å². The van der Waals surface area contributed by atoms with Crippen molar-refractivity contribution in [3.63, 3.8) is 0 Å². The minimum absolute atomic E-state index is 0.128. The summed E-state index contributed by atoms with van der Waals surface area (Å²) in [5, 5.41) is 5.64. The standard InChI is InChI=1S/C27H35N3O4S/c1-20(31)28-26(23-9-5-6-10-23)27(32)29-24-11-13-25(14-12-24)35(33,34)30-17-15-22(16-18-30)19-21-7-3-2-4-8-21/h2-4,7-8,11-14,22-23,26H,5-6,9-10,15-19H2,1H3,(H,28,31)(H,29,32). The summed E-state index contributed by atoms with van der Waals surface area (Å²) in [5.74, 6) is 0.121. The van der Waals surface area contributed by atoms with Crippen molar-refractivity contribution in [1.29, 1.82) is 0 Å². The highest BCUT2D eigenvalue weighted by Crippen LogP contribution is 2.29. The maximum absolute atomic E-state index is 13.2. The van der Waals surface area contributed by atoms with Gasteiger partial charge in [-0.15, -0.1) is 0 Å². The van der Waals surface area contributed by atoms with Crippen molar-refractivity contribution in [3.8, 4) is 0 Å². The molecule has 7 nitrogen and oxygen atoms in total. The van der Waals surface area contributed by atoms with Gasteiger partial charge in [-0.05, 0) is 73.8 Å². The molecule has 1 atom stereocenters. The number of carbonyl (C=O) groups is 2. The fourth-order valence-electron chi connectivity index (χ4n) is 5.29. The van der Waals surface area contributed by atoms with Gasteiger partial charge in [-0.2, -0.15) is 4.31 Å². The Labute approximate surface area is 208 Å². The second-order valence-corrected chi connectivity index (χ2v) is 11.7. The predicted molar refractivity (Wildman–Crippen MR) is 136 cm³/mol. The van der Waals surface area contributed by atoms with Crippen LogP contribution in [0.4, 0.5) is 5.69 Å². The summed E-state index contributed by atoms with van der Waals surface area (Å²) < 4.78 is 27.9. The van der Waals surface area contributed by atoms with E-state index in [1.54, 1.807) is 28.6 Å². The van der Waals surface area contributed by atoms with Crippen LogP contribution in [-0.2, 0) is 26.0 Å². The minimum Gasteiger partial charge on any atom is -0.344 e. The summed E-state index contributed by atoms with van der Waals surface area (Å²) in [5.41, 5.74) is 1.81. The lowest BCUT2D eigenvalue weighted by atomic mass is 9.91. The molecule has 1 heterocycles. The highest BCUT2D eigenvalue weighted by Gasteiger charge is 2.32. The molecule has 0 radical (unpaired) electrons. The zero-order chi connectivity index (χ0) is 24.8. The Balaban J connectivity index is 1.35. The number of nitrogens with zero attached hydrogens (tertiary/aromatic N) is 1. The van der Waals surface area contributed by atoms with Crippen LogP contribution in [0.15, 0.2) is 59.5 Å². The highest BCUT2D eigenvalue weighted by atomic mass is 32.2. The van der Waals surface area contributed by atoms with Crippen molar-refractivity contribution < 1.29 is 18.0 Å². The lowest BCUT2D eigenvalue weighted by molar-refractivity contribution is -0.126. The van der Waals surface area contributed by atoms with Gasteiger partial charge in [0.05, 0.1) is 4.90 Å². The van der Waals surface area contributed by atoms with E-state index in [-0.39, 0.29) is 22.6 Å². The quantitative estimate of drug-likeness (QED) is 0.577. The Hall–Kier alpha value is -2.71. The molecule has 1 aliphatic heterocycles. The topological polar surface area (TPSA) is 95.6 Å². The number of benzene rings is 2. The molecule has 2 fully saturated rings. The number of nitrogens with one attached hydrogen (secondary N) is 2. The Kier molecular flexibility index (Phi) is 8.23. The Bertz CT molecular complexity index is 1100. The maximum Gasteiger partial charge on any atom is 0.247 e. The van der Waals surface area contributed by atoms with Gasteiger partial charge < -0.3 is 10.6 Å². The van der Waals surface area contributed by atoms with Crippen LogP contribution in [0.2, 0.25) is 0 Å². The van der Waals surface area contributed by atoms with Crippen LogP contribution in [0, 0.1) is 11.8 Å². The van der Waals surface area contributed by atoms with Crippen LogP contribution < -0.4 is 10.6 Å². The molecule has 2 N–H and O–H groups in total. The van der Waals surface area contributed by atoms with Gasteiger partial charge in [-0.1, -0.05) is 43.2 Å². The van der Waals surface area contributed by atoms with Gasteiger partial charge in [0, 0.05) is 25.7 Å². The SMILES string of the molecule is CC(=O)NC(C(=O)Nc1ccc(S(=O)(=O)N2CCC(Cc3ccccc3)CC2)cc1)C1CCCC1. The van der Waals surface area contributed by atoms with Crippen LogP contribution in [0.25, 0.3) is 0 Å². The highest BCUT2D eigenvalue weighted by molar-refractivity contribution is 7.89. The van der Waals surface area contributed by atoms with Gasteiger partial charge in [0.15, 0.2) is 0 Å². The van der Waals surface area contributed by atoms with Gasteiger partial charge in [0.1, 0.15) is 6.04 Å². The van der Waals surface area contributed by atoms with Crippen LogP contribution in [0.1, 0.15) is 51.0 Å². The minimum atomic E-state index is -3.59. The average molecular weight is 498 g/mol. The molecule has 2 aromatic carbocycles. The summed E-state index contributed by atoms with van der Waals surface area (Å²) in [7, 11) is -3.59. The molecule has 2 amide bonds. The number of hydrogen-bond donors (Lipinski definition) is 2. The first-order chi connectivity index (χ1) is 16.8. The van der Waals surface area contributed by atoms with Crippen LogP contribution in [-0.4, -0.2) is 43.7 Å². The zero-order valence-corrected chi connectivity index (χ0v) is 21.1. The molecule has 8 heteroatoms. The average Bonchev–Trinajstić information content (AvgIpc) is 3.38. The molecule has 1 aliphatic carbocycles. The van der Waals surface area contributed by atoms with Gasteiger partial charge in [0.2, 0.25) is 21.8 Å². The first kappa shape index (κ1) is 25.4. The lowest BCUT2D eigenvalue weighted by Gasteiger charge is -2.31. The molecule has 1 unspecified atom stereocenters. The lowest BCUT2D eigenvalue weighted by Crippen LogP contribution is -2.47. The number of carbonyl (C=O) groups excluding carboxylic acids is 2. The number of piperidine rings is 1. The van der Waals surface area contributed by atoms with Crippen molar-refractivity contribution in [2.75, 3.05) is 18.4 Å². The Morgan fingerprint density at radius 3 is 2.17 bits per heavy atom. The summed E-state index contributed by atoms with van der Waals surface area (Å²) >= 11 is 0. The largest absolute Gasteiger partial charge is 0.344 e. The smallest absolute Gasteiger partial charge is 0.247 e. The van der Waals surface area contributed by atoms with E-state index in [0.717, 1.165) is 44.9 Å². The van der Waals surface area contributed by atoms with Crippen molar-refractivity contribution >= 4 is 27.5 Å². The number of sulfonamides is 1. The normalized spacial score (nSPS) is 18.8. The molecule has 2 aromatic rings. The van der Waals surface area contributed by atoms with E-state index in [2.05, 4.69) is 22.8 Å². The molecule has 0 spiro atoms. The molecular formula is C27H35N3O4S. The molecular weight excluding hydrogens is 462 g/mol. The number of anilines is 1. The second-order valence-electron chi connectivity index (χ2n) is 9.77. The molecule has 2 aliphatic rings. The third-order valence-corrected chi connectivity index (χ3v) is 9.13. The van der Waals surface area contributed by atoms with E-state index in [9.17, 15) is 18.0 Å². The predicted octanol–water partition coefficient (Wildman–Crippen LogP) is 3.96. The van der Waals surface area contributed by atoms with E-state index >= 15 is 0 Å². The first-order valence-corrected chi connectivity index (χ1v) is 14.0. The third-order valence-electron chi connectivity index (χ3n) is 7.21. The number of amides is 2. The fourth-order valence-corrected chi connectivity index (χ4v) is 6.76. The van der Waals surface area contributed by atoms with Gasteiger partial charge in [0.25, 0.3) is 0 Å². The molecule has 0 aromatic heterocycles. The van der Waals surface area contributed by atoms with Crippen LogP contribution in [0.5, 0.6) is 0 Å². The van der Waals surface area contributed by atoms with Crippen molar-refractivity contribution in [2.45, 2.75) is 62.8 Å². The Morgan fingerprint density at radius 2 is 1.57 bits per heavy atom. The molecule has 188 valence electrons. The maximum atomic E-state index is 13.2. The van der Waals surface area contributed by atoms with E-state index in [1.807, 2.05) is 18.2 Å². The van der Waals surface area contributed by atoms with E-state index in [0.29, 0.717) is 24.7 Å². The molecule has 1 saturated heterocycles. The second kappa shape index (κ2) is 11.4. The summed E-state index contributed by atoms with van der Waals surface area (Å²) in [6.45, 7) is 2.44. The third kappa shape index (κ3) is 6.49. The van der Waals surface area contributed by atoms with Crippen molar-refractivity contribution in [1.82, 2.24) is 9.62 Å². The number of rotatable bonds is 8. The Morgan fingerprint density at radius 1 is 0.943 bits per heavy atom. The molecule has 35 heavy (non-hydrogen) atoms. The van der Waals surface area contributed by atoms with Crippen LogP contribution in [0.3, 0.4) is 0 Å². The first-order valence-electron chi connectivity index (χ1n) is 12.5. The summed E-state index contributed by atoms with van der Waals surface area (Å²) in [6.07, 6.45) is 6.61.